The number of carbonyl (C=O) groups excluding carboxylic acids is 1. The van der Waals surface area contributed by atoms with Crippen molar-refractivity contribution in [1.82, 2.24) is 15.2 Å². The third-order valence-electron chi connectivity index (χ3n) is 3.75. The molecule has 1 aliphatic rings. The smallest absolute Gasteiger partial charge is 0.254 e. The highest BCUT2D eigenvalue weighted by Gasteiger charge is 2.21. The predicted molar refractivity (Wildman–Crippen MR) is 81.1 cm³/mol. The Morgan fingerprint density at radius 3 is 2.90 bits per heavy atom. The minimum Gasteiger partial charge on any atom is -0.349 e. The topological polar surface area (TPSA) is 45.2 Å². The first-order valence-corrected chi connectivity index (χ1v) is 7.72. The monoisotopic (exact) mass is 295 g/mol. The summed E-state index contributed by atoms with van der Waals surface area (Å²) in [6.07, 6.45) is 6.09. The minimum atomic E-state index is -0.116. The Morgan fingerprint density at radius 2 is 2.25 bits per heavy atom. The van der Waals surface area contributed by atoms with Gasteiger partial charge in [0.2, 0.25) is 0 Å². The molecule has 4 nitrogen and oxygen atoms in total. The van der Waals surface area contributed by atoms with Crippen LogP contribution in [0.2, 0.25) is 5.15 Å². The largest absolute Gasteiger partial charge is 0.349 e. The number of piperidine rings is 1. The van der Waals surface area contributed by atoms with Crippen LogP contribution in [0.15, 0.2) is 18.3 Å². The molecule has 1 aliphatic heterocycles. The molecule has 20 heavy (non-hydrogen) atoms. The Morgan fingerprint density at radius 1 is 1.50 bits per heavy atom. The van der Waals surface area contributed by atoms with Crippen LogP contribution in [-0.4, -0.2) is 41.5 Å². The highest BCUT2D eigenvalue weighted by molar-refractivity contribution is 6.32. The third kappa shape index (κ3) is 4.18. The first-order valence-electron chi connectivity index (χ1n) is 7.34. The number of amides is 1. The zero-order valence-corrected chi connectivity index (χ0v) is 12.7. The van der Waals surface area contributed by atoms with Crippen molar-refractivity contribution in [3.8, 4) is 0 Å². The number of carbonyl (C=O) groups is 1. The third-order valence-corrected chi connectivity index (χ3v) is 4.06. The van der Waals surface area contributed by atoms with E-state index in [-0.39, 0.29) is 17.1 Å². The van der Waals surface area contributed by atoms with Crippen LogP contribution in [-0.2, 0) is 0 Å². The molecule has 0 unspecified atom stereocenters. The van der Waals surface area contributed by atoms with E-state index in [1.807, 2.05) is 0 Å². The molecule has 0 aliphatic carbocycles. The van der Waals surface area contributed by atoms with Gasteiger partial charge in [-0.25, -0.2) is 4.98 Å². The van der Waals surface area contributed by atoms with Crippen LogP contribution in [0.25, 0.3) is 0 Å². The first kappa shape index (κ1) is 15.3. The molecule has 0 bridgehead atoms. The Balaban J connectivity index is 1.81. The highest BCUT2D eigenvalue weighted by atomic mass is 35.5. The van der Waals surface area contributed by atoms with Crippen molar-refractivity contribution in [3.63, 3.8) is 0 Å². The molecule has 1 fully saturated rings. The summed E-state index contributed by atoms with van der Waals surface area (Å²) in [5.41, 5.74) is 0.461. The SMILES string of the molecule is CCCCN1CCC(NC(=O)c2cccnc2Cl)CC1. The van der Waals surface area contributed by atoms with Crippen molar-refractivity contribution < 1.29 is 4.79 Å². The van der Waals surface area contributed by atoms with Crippen LogP contribution in [0.4, 0.5) is 0 Å². The maximum absolute atomic E-state index is 12.1. The summed E-state index contributed by atoms with van der Waals surface area (Å²) in [6, 6.07) is 3.69. The van der Waals surface area contributed by atoms with Gasteiger partial charge in [0.15, 0.2) is 0 Å². The Kier molecular flexibility index (Phi) is 5.80. The molecule has 1 aromatic rings. The van der Waals surface area contributed by atoms with Gasteiger partial charge in [0.1, 0.15) is 5.15 Å². The molecule has 0 atom stereocenters. The molecule has 1 saturated heterocycles. The summed E-state index contributed by atoms with van der Waals surface area (Å²) in [7, 11) is 0. The van der Waals surface area contributed by atoms with Crippen molar-refractivity contribution in [2.75, 3.05) is 19.6 Å². The molecule has 2 heterocycles. The van der Waals surface area contributed by atoms with Crippen LogP contribution in [0, 0.1) is 0 Å². The van der Waals surface area contributed by atoms with Crippen LogP contribution in [0.3, 0.4) is 0 Å². The fourth-order valence-electron chi connectivity index (χ4n) is 2.50. The summed E-state index contributed by atoms with van der Waals surface area (Å²) in [5.74, 6) is -0.116. The second-order valence-corrected chi connectivity index (χ2v) is 5.64. The number of nitrogens with zero attached hydrogens (tertiary/aromatic N) is 2. The summed E-state index contributed by atoms with van der Waals surface area (Å²) < 4.78 is 0. The molecule has 1 aromatic heterocycles. The molecule has 1 N–H and O–H groups in total. The molecule has 1 amide bonds. The molecule has 2 rings (SSSR count). The average molecular weight is 296 g/mol. The van der Waals surface area contributed by atoms with Gasteiger partial charge in [0, 0.05) is 25.3 Å². The van der Waals surface area contributed by atoms with E-state index in [4.69, 9.17) is 11.6 Å². The number of halogens is 1. The van der Waals surface area contributed by atoms with Gasteiger partial charge in [0.05, 0.1) is 5.56 Å². The normalized spacial score (nSPS) is 17.1. The van der Waals surface area contributed by atoms with Gasteiger partial charge in [-0.2, -0.15) is 0 Å². The van der Waals surface area contributed by atoms with E-state index < -0.39 is 0 Å². The average Bonchev–Trinajstić information content (AvgIpc) is 2.47. The Bertz CT molecular complexity index is 444. The van der Waals surface area contributed by atoms with Gasteiger partial charge in [-0.15, -0.1) is 0 Å². The van der Waals surface area contributed by atoms with Crippen molar-refractivity contribution >= 4 is 17.5 Å². The van der Waals surface area contributed by atoms with E-state index in [1.165, 1.54) is 19.4 Å². The lowest BCUT2D eigenvalue weighted by molar-refractivity contribution is 0.0910. The number of hydrogen-bond donors (Lipinski definition) is 1. The fraction of sp³-hybridized carbons (Fsp3) is 0.600. The summed E-state index contributed by atoms with van der Waals surface area (Å²) in [4.78, 5) is 18.5. The van der Waals surface area contributed by atoms with Gasteiger partial charge >= 0.3 is 0 Å². The van der Waals surface area contributed by atoms with Crippen LogP contribution < -0.4 is 5.32 Å². The Labute approximate surface area is 125 Å². The van der Waals surface area contributed by atoms with Crippen LogP contribution in [0.5, 0.6) is 0 Å². The summed E-state index contributed by atoms with van der Waals surface area (Å²) in [6.45, 7) is 5.51. The first-order chi connectivity index (χ1) is 9.70. The van der Waals surface area contributed by atoms with Gasteiger partial charge < -0.3 is 10.2 Å². The minimum absolute atomic E-state index is 0.116. The zero-order chi connectivity index (χ0) is 14.4. The van der Waals surface area contributed by atoms with E-state index in [0.717, 1.165) is 25.9 Å². The molecular weight excluding hydrogens is 274 g/mol. The number of hydrogen-bond acceptors (Lipinski definition) is 3. The van der Waals surface area contributed by atoms with Crippen molar-refractivity contribution in [2.24, 2.45) is 0 Å². The van der Waals surface area contributed by atoms with Gasteiger partial charge in [-0.1, -0.05) is 24.9 Å². The van der Waals surface area contributed by atoms with Gasteiger partial charge in [-0.05, 0) is 37.9 Å². The number of rotatable bonds is 5. The second-order valence-electron chi connectivity index (χ2n) is 5.28. The molecular formula is C15H22ClN3O. The number of pyridine rings is 1. The van der Waals surface area contributed by atoms with E-state index in [0.29, 0.717) is 5.56 Å². The predicted octanol–water partition coefficient (Wildman–Crippen LogP) is 2.73. The maximum Gasteiger partial charge on any atom is 0.254 e. The molecule has 0 saturated carbocycles. The zero-order valence-electron chi connectivity index (χ0n) is 11.9. The van der Waals surface area contributed by atoms with E-state index in [9.17, 15) is 4.79 Å². The van der Waals surface area contributed by atoms with E-state index >= 15 is 0 Å². The summed E-state index contributed by atoms with van der Waals surface area (Å²) in [5, 5.41) is 3.33. The number of aromatic nitrogens is 1. The lowest BCUT2D eigenvalue weighted by atomic mass is 10.0. The standard InChI is InChI=1S/C15H22ClN3O/c1-2-3-9-19-10-6-12(7-11-19)18-15(20)13-5-4-8-17-14(13)16/h4-5,8,12H,2-3,6-7,9-11H2,1H3,(H,18,20). The number of unbranched alkanes of at least 4 members (excludes halogenated alkanes) is 1. The van der Waals surface area contributed by atoms with Gasteiger partial charge in [-0.3, -0.25) is 4.79 Å². The highest BCUT2D eigenvalue weighted by Crippen LogP contribution is 2.15. The lowest BCUT2D eigenvalue weighted by Crippen LogP contribution is -2.44. The van der Waals surface area contributed by atoms with E-state index in [1.54, 1.807) is 18.3 Å². The van der Waals surface area contributed by atoms with Gasteiger partial charge in [0.25, 0.3) is 5.91 Å². The summed E-state index contributed by atoms with van der Waals surface area (Å²) >= 11 is 5.94. The molecule has 0 radical (unpaired) electrons. The molecule has 5 heteroatoms. The van der Waals surface area contributed by atoms with E-state index in [2.05, 4.69) is 22.1 Å². The van der Waals surface area contributed by atoms with Crippen molar-refractivity contribution in [1.29, 1.82) is 0 Å². The molecule has 110 valence electrons. The number of nitrogens with one attached hydrogen (secondary N) is 1. The quantitative estimate of drug-likeness (QED) is 0.850. The number of likely N-dealkylation sites (tertiary alicyclic amines) is 1. The van der Waals surface area contributed by atoms with Crippen LogP contribution in [0.1, 0.15) is 43.0 Å². The molecule has 0 aromatic carbocycles. The fourth-order valence-corrected chi connectivity index (χ4v) is 2.71. The Hall–Kier alpha value is -1.13. The second kappa shape index (κ2) is 7.60. The van der Waals surface area contributed by atoms with Crippen LogP contribution >= 0.6 is 11.6 Å². The lowest BCUT2D eigenvalue weighted by Gasteiger charge is -2.32. The molecule has 0 spiro atoms. The van der Waals surface area contributed by atoms with Crippen molar-refractivity contribution in [3.05, 3.63) is 29.0 Å². The van der Waals surface area contributed by atoms with Crippen molar-refractivity contribution in [2.45, 2.75) is 38.6 Å². The maximum atomic E-state index is 12.1.